The van der Waals surface area contributed by atoms with Crippen molar-refractivity contribution in [2.45, 2.75) is 96.7 Å². The maximum atomic E-state index is 12.0. The van der Waals surface area contributed by atoms with Crippen LogP contribution in [0.1, 0.15) is 79.1 Å². The van der Waals surface area contributed by atoms with E-state index < -0.39 is 5.60 Å². The van der Waals surface area contributed by atoms with Crippen molar-refractivity contribution in [2.24, 2.45) is 11.8 Å². The van der Waals surface area contributed by atoms with E-state index in [4.69, 9.17) is 4.74 Å². The molecule has 2 N–H and O–H groups in total. The van der Waals surface area contributed by atoms with Crippen molar-refractivity contribution in [2.75, 3.05) is 6.54 Å². The molecule has 0 aromatic rings. The van der Waals surface area contributed by atoms with Crippen LogP contribution in [0, 0.1) is 11.8 Å². The number of rotatable bonds is 5. The third-order valence-corrected chi connectivity index (χ3v) is 5.37. The first-order chi connectivity index (χ1) is 10.8. The molecule has 1 amide bonds. The van der Waals surface area contributed by atoms with Crippen molar-refractivity contribution in [3.63, 3.8) is 0 Å². The molecular formula is C19H36N2O2. The minimum absolute atomic E-state index is 0.292. The van der Waals surface area contributed by atoms with Crippen LogP contribution in [0.25, 0.3) is 0 Å². The molecule has 0 radical (unpaired) electrons. The van der Waals surface area contributed by atoms with E-state index in [1.165, 1.54) is 51.4 Å². The van der Waals surface area contributed by atoms with E-state index in [0.29, 0.717) is 24.5 Å². The Morgan fingerprint density at radius 2 is 1.78 bits per heavy atom. The molecule has 2 saturated carbocycles. The van der Waals surface area contributed by atoms with Crippen molar-refractivity contribution < 1.29 is 9.53 Å². The molecule has 0 aromatic heterocycles. The predicted octanol–water partition coefficient (Wildman–Crippen LogP) is 4.24. The molecule has 0 spiro atoms. The van der Waals surface area contributed by atoms with Gasteiger partial charge in [0.15, 0.2) is 0 Å². The smallest absolute Gasteiger partial charge is 0.407 e. The summed E-state index contributed by atoms with van der Waals surface area (Å²) in [5, 5.41) is 6.89. The lowest BCUT2D eigenvalue weighted by Crippen LogP contribution is -2.51. The van der Waals surface area contributed by atoms with Crippen LogP contribution >= 0.6 is 0 Å². The van der Waals surface area contributed by atoms with Gasteiger partial charge in [-0.3, -0.25) is 0 Å². The molecule has 0 aromatic carbocycles. The summed E-state index contributed by atoms with van der Waals surface area (Å²) in [5.41, 5.74) is -0.433. The van der Waals surface area contributed by atoms with Gasteiger partial charge in [0, 0.05) is 18.6 Å². The maximum Gasteiger partial charge on any atom is 0.407 e. The SMILES string of the molecule is CC1CCCC1NC(CNC(=O)OC(C)(C)C)C1CCCCC1. The lowest BCUT2D eigenvalue weighted by molar-refractivity contribution is 0.0513. The van der Waals surface area contributed by atoms with Crippen LogP contribution in [0.2, 0.25) is 0 Å². The number of ether oxygens (including phenoxy) is 1. The normalized spacial score (nSPS) is 27.7. The van der Waals surface area contributed by atoms with Gasteiger partial charge in [0.05, 0.1) is 0 Å². The summed E-state index contributed by atoms with van der Waals surface area (Å²) in [4.78, 5) is 12.0. The van der Waals surface area contributed by atoms with Gasteiger partial charge in [0.2, 0.25) is 0 Å². The van der Waals surface area contributed by atoms with E-state index in [1.807, 2.05) is 20.8 Å². The standard InChI is InChI=1S/C19H36N2O2/c1-14-9-8-12-16(14)21-17(15-10-6-5-7-11-15)13-20-18(22)23-19(2,3)4/h14-17,21H,5-13H2,1-4H3,(H,20,22). The third kappa shape index (κ3) is 6.33. The highest BCUT2D eigenvalue weighted by Gasteiger charge is 2.30. The van der Waals surface area contributed by atoms with Gasteiger partial charge in [0.25, 0.3) is 0 Å². The van der Waals surface area contributed by atoms with E-state index in [-0.39, 0.29) is 6.09 Å². The highest BCUT2D eigenvalue weighted by molar-refractivity contribution is 5.67. The fraction of sp³-hybridized carbons (Fsp3) is 0.947. The first-order valence-corrected chi connectivity index (χ1v) is 9.58. The van der Waals surface area contributed by atoms with Crippen LogP contribution in [-0.2, 0) is 4.74 Å². The second-order valence-corrected chi connectivity index (χ2v) is 8.57. The number of hydrogen-bond donors (Lipinski definition) is 2. The van der Waals surface area contributed by atoms with Crippen molar-refractivity contribution in [1.29, 1.82) is 0 Å². The Kier molecular flexibility index (Phi) is 6.75. The number of nitrogens with one attached hydrogen (secondary N) is 2. The molecule has 0 aliphatic heterocycles. The summed E-state index contributed by atoms with van der Waals surface area (Å²) in [6.07, 6.45) is 10.2. The molecule has 134 valence electrons. The summed E-state index contributed by atoms with van der Waals surface area (Å²) in [6.45, 7) is 8.75. The fourth-order valence-corrected chi connectivity index (χ4v) is 4.07. The second kappa shape index (κ2) is 8.36. The number of amides is 1. The second-order valence-electron chi connectivity index (χ2n) is 8.57. The Balaban J connectivity index is 1.88. The Morgan fingerprint density at radius 1 is 1.09 bits per heavy atom. The third-order valence-electron chi connectivity index (χ3n) is 5.37. The van der Waals surface area contributed by atoms with Gasteiger partial charge in [-0.1, -0.05) is 32.6 Å². The molecule has 3 unspecified atom stereocenters. The van der Waals surface area contributed by atoms with Gasteiger partial charge in [0.1, 0.15) is 5.60 Å². The minimum atomic E-state index is -0.433. The fourth-order valence-electron chi connectivity index (χ4n) is 4.07. The van der Waals surface area contributed by atoms with Crippen molar-refractivity contribution in [1.82, 2.24) is 10.6 Å². The van der Waals surface area contributed by atoms with Gasteiger partial charge in [-0.05, 0) is 58.3 Å². The molecule has 23 heavy (non-hydrogen) atoms. The molecule has 3 atom stereocenters. The molecule has 4 nitrogen and oxygen atoms in total. The largest absolute Gasteiger partial charge is 0.444 e. The van der Waals surface area contributed by atoms with E-state index in [2.05, 4.69) is 17.6 Å². The molecule has 0 heterocycles. The molecular weight excluding hydrogens is 288 g/mol. The van der Waals surface area contributed by atoms with Gasteiger partial charge in [-0.25, -0.2) is 4.79 Å². The zero-order valence-corrected chi connectivity index (χ0v) is 15.5. The van der Waals surface area contributed by atoms with E-state index >= 15 is 0 Å². The zero-order chi connectivity index (χ0) is 16.9. The Morgan fingerprint density at radius 3 is 2.35 bits per heavy atom. The molecule has 0 saturated heterocycles. The van der Waals surface area contributed by atoms with Crippen LogP contribution in [0.15, 0.2) is 0 Å². The zero-order valence-electron chi connectivity index (χ0n) is 15.5. The molecule has 0 bridgehead atoms. The van der Waals surface area contributed by atoms with Crippen LogP contribution in [0.4, 0.5) is 4.79 Å². The van der Waals surface area contributed by atoms with E-state index in [9.17, 15) is 4.79 Å². The molecule has 2 aliphatic rings. The van der Waals surface area contributed by atoms with Crippen molar-refractivity contribution >= 4 is 6.09 Å². The topological polar surface area (TPSA) is 50.4 Å². The van der Waals surface area contributed by atoms with E-state index in [0.717, 1.165) is 5.92 Å². The Hall–Kier alpha value is -0.770. The molecule has 2 fully saturated rings. The van der Waals surface area contributed by atoms with Crippen molar-refractivity contribution in [3.05, 3.63) is 0 Å². The minimum Gasteiger partial charge on any atom is -0.444 e. The summed E-state index contributed by atoms with van der Waals surface area (Å²) in [6, 6.07) is 0.996. The summed E-state index contributed by atoms with van der Waals surface area (Å²) < 4.78 is 5.39. The Labute approximate surface area is 142 Å². The van der Waals surface area contributed by atoms with Gasteiger partial charge >= 0.3 is 6.09 Å². The van der Waals surface area contributed by atoms with Crippen LogP contribution in [0.3, 0.4) is 0 Å². The number of hydrogen-bond acceptors (Lipinski definition) is 3. The predicted molar refractivity (Wildman–Crippen MR) is 94.5 cm³/mol. The van der Waals surface area contributed by atoms with E-state index in [1.54, 1.807) is 0 Å². The monoisotopic (exact) mass is 324 g/mol. The highest BCUT2D eigenvalue weighted by atomic mass is 16.6. The Bertz CT molecular complexity index is 372. The van der Waals surface area contributed by atoms with Gasteiger partial charge in [-0.2, -0.15) is 0 Å². The van der Waals surface area contributed by atoms with Crippen LogP contribution in [0.5, 0.6) is 0 Å². The van der Waals surface area contributed by atoms with Gasteiger partial charge < -0.3 is 15.4 Å². The number of carbonyl (C=O) groups excluding carboxylic acids is 1. The summed E-state index contributed by atoms with van der Waals surface area (Å²) in [5.74, 6) is 1.44. The van der Waals surface area contributed by atoms with Crippen LogP contribution < -0.4 is 10.6 Å². The first-order valence-electron chi connectivity index (χ1n) is 9.58. The summed E-state index contributed by atoms with van der Waals surface area (Å²) in [7, 11) is 0. The number of alkyl carbamates (subject to hydrolysis) is 1. The lowest BCUT2D eigenvalue weighted by atomic mass is 9.83. The highest BCUT2D eigenvalue weighted by Crippen LogP contribution is 2.30. The van der Waals surface area contributed by atoms with Gasteiger partial charge in [-0.15, -0.1) is 0 Å². The first kappa shape index (κ1) is 18.6. The average molecular weight is 325 g/mol. The average Bonchev–Trinajstić information content (AvgIpc) is 2.88. The molecule has 4 heteroatoms. The van der Waals surface area contributed by atoms with Crippen molar-refractivity contribution in [3.8, 4) is 0 Å². The van der Waals surface area contributed by atoms with Crippen LogP contribution in [-0.4, -0.2) is 30.3 Å². The quantitative estimate of drug-likeness (QED) is 0.795. The molecule has 2 aliphatic carbocycles. The lowest BCUT2D eigenvalue weighted by Gasteiger charge is -2.34. The number of carbonyl (C=O) groups is 1. The summed E-state index contributed by atoms with van der Waals surface area (Å²) >= 11 is 0. The maximum absolute atomic E-state index is 12.0. The molecule has 2 rings (SSSR count).